The molecule has 79 heavy (non-hydrogen) atoms. The predicted octanol–water partition coefficient (Wildman–Crippen LogP) is 12.8. The van der Waals surface area contributed by atoms with Gasteiger partial charge in [-0.15, -0.1) is 0 Å². The van der Waals surface area contributed by atoms with Crippen LogP contribution in [-0.2, 0) is 37.3 Å². The average molecular weight is 1070 g/mol. The molecule has 0 aromatic heterocycles. The Morgan fingerprint density at radius 1 is 0.722 bits per heavy atom. The summed E-state index contributed by atoms with van der Waals surface area (Å²) in [6.45, 7) is 1.44. The average Bonchev–Trinajstić information content (AvgIpc) is 3.12. The minimum atomic E-state index is -1.12. The number of hydrogen-bond acceptors (Lipinski definition) is 11. The number of allylic oxidation sites excluding steroid dienone is 1. The van der Waals surface area contributed by atoms with Crippen molar-refractivity contribution in [2.75, 3.05) is 14.2 Å². The molecule has 6 aromatic rings. The number of carbonyl (C=O) groups is 2. The second-order valence-corrected chi connectivity index (χ2v) is 24.2. The van der Waals surface area contributed by atoms with Gasteiger partial charge in [0.2, 0.25) is 0 Å². The number of hydrogen-bond donors (Lipinski definition) is 5. The van der Waals surface area contributed by atoms with E-state index in [1.165, 1.54) is 14.0 Å². The molecule has 0 unspecified atom stereocenters. The Morgan fingerprint density at radius 3 is 2.19 bits per heavy atom. The van der Waals surface area contributed by atoms with Gasteiger partial charge in [-0.2, -0.15) is 0 Å². The predicted molar refractivity (Wildman–Crippen MR) is 303 cm³/mol. The molecule has 11 atom stereocenters. The van der Waals surface area contributed by atoms with Gasteiger partial charge in [0, 0.05) is 24.7 Å². The molecule has 0 radical (unpaired) electrons. The van der Waals surface area contributed by atoms with Crippen LogP contribution in [0.1, 0.15) is 136 Å². The van der Waals surface area contributed by atoms with E-state index in [0.29, 0.717) is 56.4 Å². The third kappa shape index (κ3) is 9.32. The topological polar surface area (TPSA) is 172 Å². The van der Waals surface area contributed by atoms with Gasteiger partial charge in [-0.1, -0.05) is 111 Å². The van der Waals surface area contributed by atoms with E-state index in [1.807, 2.05) is 72.8 Å². The van der Waals surface area contributed by atoms with Crippen LogP contribution in [0.25, 0.3) is 28.0 Å². The summed E-state index contributed by atoms with van der Waals surface area (Å²) in [6.07, 6.45) is 11.7. The van der Waals surface area contributed by atoms with Crippen LogP contribution in [0.3, 0.4) is 0 Å². The Bertz CT molecular complexity index is 3290. The second kappa shape index (κ2) is 21.0. The number of esters is 2. The largest absolute Gasteiger partial charge is 0.508 e. The Kier molecular flexibility index (Phi) is 14.1. The van der Waals surface area contributed by atoms with Gasteiger partial charge in [-0.25, -0.2) is 0 Å². The zero-order valence-corrected chi connectivity index (χ0v) is 45.6. The molecule has 0 bridgehead atoms. The third-order valence-corrected chi connectivity index (χ3v) is 20.1. The van der Waals surface area contributed by atoms with E-state index < -0.39 is 46.6 Å². The van der Waals surface area contributed by atoms with Gasteiger partial charge in [0.15, 0.2) is 23.0 Å². The van der Waals surface area contributed by atoms with Gasteiger partial charge in [0.1, 0.15) is 18.0 Å². The lowest BCUT2D eigenvalue weighted by atomic mass is 9.40. The summed E-state index contributed by atoms with van der Waals surface area (Å²) in [7, 11) is 3.07. The molecule has 6 aromatic carbocycles. The molecule has 0 amide bonds. The second-order valence-electron chi connectivity index (χ2n) is 24.2. The Morgan fingerprint density at radius 2 is 1.44 bits per heavy atom. The van der Waals surface area contributed by atoms with Crippen molar-refractivity contribution in [3.63, 3.8) is 0 Å². The maximum absolute atomic E-state index is 16.5. The number of rotatable bonds is 12. The summed E-state index contributed by atoms with van der Waals surface area (Å²) >= 11 is 0. The fraction of sp³-hybridized carbons (Fsp3) is 0.441. The van der Waals surface area contributed by atoms with Gasteiger partial charge in [-0.05, 0) is 192 Å². The molecule has 6 aliphatic rings. The number of phenols is 3. The first kappa shape index (κ1) is 52.9. The maximum atomic E-state index is 16.5. The van der Waals surface area contributed by atoms with Gasteiger partial charge in [-0.3, -0.25) is 9.59 Å². The number of ether oxygens (including phenoxy) is 4. The summed E-state index contributed by atoms with van der Waals surface area (Å²) in [5.74, 6) is -1.97. The SMILES string of the molecule is COc1cc2c(cc1O)[C@H]1C[C@@H](O)[C@H]3Cc4cc(O)c(OC)cc4[C@H]4C[C@H](OC(=O)[C@]5(c6ccc7cc(O)cc(-c8ccccc8)c7c6)CCC[C@H]5CCC5(O)CCCCC5)C[C@@H](OC(C)=O)[C@@H](C2)[C@]1(/C=C/c1ccccc1)[C@H]34. The number of aliphatic hydroxyl groups excluding tert-OH is 1. The fourth-order valence-electron chi connectivity index (χ4n) is 16.7. The standard InChI is InChI=1S/C68H74O11/c1-40(69)78-61-36-49(79-65(74)67(25-13-18-46(67)22-26-66(75)23-11-6-12-24-66)47-20-19-43-28-48(70)34-51(50(43)33-47)42-16-9-5-10-17-42)35-54-52-38-63(77-3)59(72)31-44(52)29-55-58(71)39-56-53-37-60(73)62(76-2)32-45(53)30-57(61)68(56,64(54)55)27-21-41-14-7-4-8-15-41/h4-5,7-10,14-17,19-21,27-28,31-34,37-38,46,49,54-58,61,64,70-73,75H,6,11-13,18,22-26,29-30,35-36,39H2,1-3H3/b27-21+/t46-,49-,54+,55+,56+,57+,58+,61+,64-,67+,68+/m0/s1. The number of phenolic OH excluding ortho intramolecular Hbond substituents is 3. The number of methoxy groups -OCH3 is 2. The highest BCUT2D eigenvalue weighted by molar-refractivity contribution is 5.99. The van der Waals surface area contributed by atoms with E-state index in [1.54, 1.807) is 31.4 Å². The van der Waals surface area contributed by atoms with Crippen molar-refractivity contribution in [2.45, 2.75) is 144 Å². The van der Waals surface area contributed by atoms with E-state index in [9.17, 15) is 30.3 Å². The zero-order valence-electron chi connectivity index (χ0n) is 45.6. The van der Waals surface area contributed by atoms with Crippen molar-refractivity contribution in [2.24, 2.45) is 29.1 Å². The first-order valence-electron chi connectivity index (χ1n) is 28.9. The van der Waals surface area contributed by atoms with E-state index in [2.05, 4.69) is 30.4 Å². The molecule has 5 N–H and O–H groups in total. The van der Waals surface area contributed by atoms with E-state index >= 15 is 4.79 Å². The lowest BCUT2D eigenvalue weighted by Crippen LogP contribution is -2.62. The van der Waals surface area contributed by atoms with Crippen molar-refractivity contribution in [1.29, 1.82) is 0 Å². The number of benzene rings is 6. The normalized spacial score (nSPS) is 29.6. The summed E-state index contributed by atoms with van der Waals surface area (Å²) in [5.41, 5.74) is 4.56. The van der Waals surface area contributed by atoms with Gasteiger partial charge in [0.05, 0.1) is 31.3 Å². The highest BCUT2D eigenvalue weighted by Crippen LogP contribution is 2.70. The summed E-state index contributed by atoms with van der Waals surface area (Å²) < 4.78 is 25.6. The van der Waals surface area contributed by atoms with E-state index in [4.69, 9.17) is 18.9 Å². The van der Waals surface area contributed by atoms with Crippen molar-refractivity contribution < 1.29 is 54.1 Å². The number of fused-ring (bicyclic) bond motifs is 5. The van der Waals surface area contributed by atoms with Crippen LogP contribution < -0.4 is 9.47 Å². The van der Waals surface area contributed by atoms with Gasteiger partial charge < -0.3 is 44.5 Å². The van der Waals surface area contributed by atoms with Crippen molar-refractivity contribution in [1.82, 2.24) is 0 Å². The highest BCUT2D eigenvalue weighted by Gasteiger charge is 2.66. The summed E-state index contributed by atoms with van der Waals surface area (Å²) in [6, 6.07) is 37.2. The number of carbonyl (C=O) groups excluding carboxylic acids is 2. The van der Waals surface area contributed by atoms with Crippen LogP contribution in [0.2, 0.25) is 0 Å². The van der Waals surface area contributed by atoms with Crippen LogP contribution in [0.4, 0.5) is 0 Å². The summed E-state index contributed by atoms with van der Waals surface area (Å²) in [5, 5.41) is 60.6. The van der Waals surface area contributed by atoms with Crippen LogP contribution in [0.5, 0.6) is 28.7 Å². The molecule has 4 fully saturated rings. The Hall–Kier alpha value is -6.82. The maximum Gasteiger partial charge on any atom is 0.317 e. The molecule has 6 aliphatic carbocycles. The molecule has 0 spiro atoms. The van der Waals surface area contributed by atoms with Crippen LogP contribution in [0, 0.1) is 29.1 Å². The number of aromatic hydroxyl groups is 3. The van der Waals surface area contributed by atoms with Gasteiger partial charge >= 0.3 is 11.9 Å². The minimum absolute atomic E-state index is 0.00602. The summed E-state index contributed by atoms with van der Waals surface area (Å²) in [4.78, 5) is 30.3. The van der Waals surface area contributed by atoms with Gasteiger partial charge in [0.25, 0.3) is 0 Å². The van der Waals surface area contributed by atoms with Crippen LogP contribution in [-0.4, -0.2) is 75.6 Å². The molecule has 11 nitrogen and oxygen atoms in total. The zero-order chi connectivity index (χ0) is 54.8. The molecular weight excluding hydrogens is 993 g/mol. The van der Waals surface area contributed by atoms with Crippen molar-refractivity contribution in [3.05, 3.63) is 155 Å². The lowest BCUT2D eigenvalue weighted by Gasteiger charge is -2.64. The first-order chi connectivity index (χ1) is 38.2. The molecule has 0 heterocycles. The Balaban J connectivity index is 1.04. The highest BCUT2D eigenvalue weighted by atomic mass is 16.6. The fourth-order valence-corrected chi connectivity index (χ4v) is 16.7. The van der Waals surface area contributed by atoms with Crippen LogP contribution in [0.15, 0.2) is 121 Å². The molecule has 0 saturated heterocycles. The quantitative estimate of drug-likeness (QED) is 0.0739. The van der Waals surface area contributed by atoms with E-state index in [-0.39, 0.29) is 59.2 Å². The molecule has 0 aliphatic heterocycles. The lowest BCUT2D eigenvalue weighted by molar-refractivity contribution is -0.179. The molecule has 11 heteroatoms. The number of aliphatic hydroxyl groups is 2. The van der Waals surface area contributed by atoms with Crippen molar-refractivity contribution >= 4 is 28.8 Å². The minimum Gasteiger partial charge on any atom is -0.508 e. The smallest absolute Gasteiger partial charge is 0.317 e. The monoisotopic (exact) mass is 1070 g/mol. The molecular formula is C68H74O11. The first-order valence-corrected chi connectivity index (χ1v) is 28.9. The Labute approximate surface area is 463 Å². The molecule has 12 rings (SSSR count). The third-order valence-electron chi connectivity index (χ3n) is 20.1. The van der Waals surface area contributed by atoms with E-state index in [0.717, 1.165) is 100 Å². The van der Waals surface area contributed by atoms with Crippen molar-refractivity contribution in [3.8, 4) is 39.9 Å². The molecule has 4 saturated carbocycles. The molecule has 412 valence electrons. The van der Waals surface area contributed by atoms with Crippen LogP contribution >= 0.6 is 0 Å².